The lowest BCUT2D eigenvalue weighted by molar-refractivity contribution is 0.0993. The number of aromatic nitrogens is 1. The highest BCUT2D eigenvalue weighted by molar-refractivity contribution is 6.11. The van der Waals surface area contributed by atoms with Gasteiger partial charge in [0.25, 0.3) is 5.91 Å². The summed E-state index contributed by atoms with van der Waals surface area (Å²) in [6.07, 6.45) is 2.95. The molecule has 1 atom stereocenters. The lowest BCUT2D eigenvalue weighted by Crippen LogP contribution is -2.32. The van der Waals surface area contributed by atoms with Crippen molar-refractivity contribution < 1.29 is 9.18 Å². The lowest BCUT2D eigenvalue weighted by Gasteiger charge is -2.26. The van der Waals surface area contributed by atoms with Gasteiger partial charge in [-0.3, -0.25) is 14.7 Å². The summed E-state index contributed by atoms with van der Waals surface area (Å²) < 4.78 is 13.1. The molecule has 1 aromatic heterocycles. The molecule has 118 valence electrons. The van der Waals surface area contributed by atoms with Crippen LogP contribution < -0.4 is 10.2 Å². The van der Waals surface area contributed by atoms with Gasteiger partial charge in [-0.25, -0.2) is 4.39 Å². The van der Waals surface area contributed by atoms with Crippen LogP contribution in [-0.2, 0) is 0 Å². The molecule has 0 aliphatic carbocycles. The van der Waals surface area contributed by atoms with Crippen LogP contribution in [0.1, 0.15) is 22.1 Å². The van der Waals surface area contributed by atoms with Crippen LogP contribution in [0.15, 0.2) is 73.1 Å². The number of benzene rings is 2. The van der Waals surface area contributed by atoms with Crippen molar-refractivity contribution in [3.05, 3.63) is 90.0 Å². The minimum absolute atomic E-state index is 0.0850. The van der Waals surface area contributed by atoms with Crippen molar-refractivity contribution in [3.63, 3.8) is 0 Å². The van der Waals surface area contributed by atoms with Crippen molar-refractivity contribution in [2.45, 2.75) is 6.17 Å². The van der Waals surface area contributed by atoms with Gasteiger partial charge in [0.2, 0.25) is 0 Å². The summed E-state index contributed by atoms with van der Waals surface area (Å²) in [6.45, 7) is 0. The van der Waals surface area contributed by atoms with Crippen LogP contribution in [0, 0.1) is 5.82 Å². The van der Waals surface area contributed by atoms with E-state index in [2.05, 4.69) is 10.3 Å². The zero-order valence-corrected chi connectivity index (χ0v) is 12.7. The quantitative estimate of drug-likeness (QED) is 0.794. The van der Waals surface area contributed by atoms with Crippen LogP contribution in [0.3, 0.4) is 0 Å². The zero-order valence-electron chi connectivity index (χ0n) is 12.7. The molecule has 0 fully saturated rings. The second-order valence-corrected chi connectivity index (χ2v) is 5.53. The molecule has 1 amide bonds. The van der Waals surface area contributed by atoms with Crippen molar-refractivity contribution in [2.75, 3.05) is 10.2 Å². The number of fused-ring (bicyclic) bond motifs is 1. The van der Waals surface area contributed by atoms with Crippen LogP contribution in [-0.4, -0.2) is 10.9 Å². The number of nitrogens with one attached hydrogen (secondary N) is 1. The summed E-state index contributed by atoms with van der Waals surface area (Å²) in [4.78, 5) is 18.6. The Balaban J connectivity index is 1.77. The molecule has 5 heteroatoms. The zero-order chi connectivity index (χ0) is 16.5. The molecule has 0 saturated heterocycles. The number of amides is 1. The lowest BCUT2D eigenvalue weighted by atomic mass is 10.1. The number of nitrogens with zero attached hydrogens (tertiary/aromatic N) is 2. The summed E-state index contributed by atoms with van der Waals surface area (Å²) in [5, 5.41) is 3.31. The Kier molecular flexibility index (Phi) is 3.46. The first-order valence-corrected chi connectivity index (χ1v) is 7.59. The molecule has 4 rings (SSSR count). The minimum atomic E-state index is -0.372. The Morgan fingerprint density at radius 3 is 2.54 bits per heavy atom. The summed E-state index contributed by atoms with van der Waals surface area (Å²) in [7, 11) is 0. The van der Waals surface area contributed by atoms with Gasteiger partial charge in [-0.15, -0.1) is 0 Å². The third-order valence-corrected chi connectivity index (χ3v) is 4.03. The van der Waals surface area contributed by atoms with Gasteiger partial charge in [-0.1, -0.05) is 18.2 Å². The van der Waals surface area contributed by atoms with Gasteiger partial charge in [0, 0.05) is 23.0 Å². The van der Waals surface area contributed by atoms with Crippen molar-refractivity contribution in [2.24, 2.45) is 0 Å². The average molecular weight is 319 g/mol. The van der Waals surface area contributed by atoms with E-state index in [0.717, 1.165) is 11.3 Å². The normalized spacial score (nSPS) is 16.1. The van der Waals surface area contributed by atoms with E-state index in [4.69, 9.17) is 0 Å². The molecule has 0 saturated carbocycles. The number of anilines is 2. The monoisotopic (exact) mass is 319 g/mol. The Bertz CT molecular complexity index is 881. The van der Waals surface area contributed by atoms with Gasteiger partial charge in [0.15, 0.2) is 0 Å². The predicted molar refractivity (Wildman–Crippen MR) is 90.3 cm³/mol. The van der Waals surface area contributed by atoms with E-state index in [0.29, 0.717) is 11.3 Å². The smallest absolute Gasteiger partial charge is 0.260 e. The molecule has 0 bridgehead atoms. The fourth-order valence-electron chi connectivity index (χ4n) is 2.93. The van der Waals surface area contributed by atoms with E-state index in [1.165, 1.54) is 12.1 Å². The largest absolute Gasteiger partial charge is 0.361 e. The van der Waals surface area contributed by atoms with E-state index < -0.39 is 0 Å². The second kappa shape index (κ2) is 5.77. The van der Waals surface area contributed by atoms with Crippen molar-refractivity contribution in [3.8, 4) is 0 Å². The topological polar surface area (TPSA) is 45.2 Å². The van der Waals surface area contributed by atoms with Crippen molar-refractivity contribution in [1.29, 1.82) is 0 Å². The maximum absolute atomic E-state index is 13.1. The molecule has 2 heterocycles. The molecule has 1 aliphatic heterocycles. The first-order valence-electron chi connectivity index (χ1n) is 7.59. The van der Waals surface area contributed by atoms with Crippen molar-refractivity contribution >= 4 is 17.3 Å². The Morgan fingerprint density at radius 2 is 1.79 bits per heavy atom. The van der Waals surface area contributed by atoms with Crippen LogP contribution in [0.2, 0.25) is 0 Å². The average Bonchev–Trinajstić information content (AvgIpc) is 2.90. The summed E-state index contributed by atoms with van der Waals surface area (Å²) in [5.74, 6) is -0.384. The number of rotatable bonds is 3. The highest BCUT2D eigenvalue weighted by atomic mass is 19.1. The number of hydrogen-bond acceptors (Lipinski definition) is 3. The third-order valence-electron chi connectivity index (χ3n) is 4.03. The van der Waals surface area contributed by atoms with Crippen LogP contribution in [0.25, 0.3) is 0 Å². The predicted octanol–water partition coefficient (Wildman–Crippen LogP) is 3.99. The van der Waals surface area contributed by atoms with Gasteiger partial charge in [0.05, 0.1) is 11.9 Å². The molecule has 1 N–H and O–H groups in total. The maximum Gasteiger partial charge on any atom is 0.260 e. The van der Waals surface area contributed by atoms with Crippen LogP contribution >= 0.6 is 0 Å². The van der Waals surface area contributed by atoms with E-state index in [-0.39, 0.29) is 17.9 Å². The molecular formula is C19H14FN3O. The van der Waals surface area contributed by atoms with Gasteiger partial charge in [-0.05, 0) is 42.5 Å². The number of halogens is 1. The molecule has 0 radical (unpaired) electrons. The fraction of sp³-hybridized carbons (Fsp3) is 0.0526. The van der Waals surface area contributed by atoms with E-state index in [1.807, 2.05) is 30.3 Å². The van der Waals surface area contributed by atoms with Gasteiger partial charge >= 0.3 is 0 Å². The van der Waals surface area contributed by atoms with E-state index >= 15 is 0 Å². The van der Waals surface area contributed by atoms with Crippen LogP contribution in [0.4, 0.5) is 15.8 Å². The number of hydrogen-bond donors (Lipinski definition) is 1. The second-order valence-electron chi connectivity index (χ2n) is 5.53. The molecular weight excluding hydrogens is 305 g/mol. The van der Waals surface area contributed by atoms with Gasteiger partial charge < -0.3 is 5.32 Å². The summed E-state index contributed by atoms with van der Waals surface area (Å²) >= 11 is 0. The third kappa shape index (κ3) is 2.40. The molecule has 0 unspecified atom stereocenters. The van der Waals surface area contributed by atoms with E-state index in [9.17, 15) is 9.18 Å². The molecule has 1 aliphatic rings. The first-order chi connectivity index (χ1) is 11.7. The molecule has 24 heavy (non-hydrogen) atoms. The first kappa shape index (κ1) is 14.4. The van der Waals surface area contributed by atoms with Gasteiger partial charge in [-0.2, -0.15) is 0 Å². The SMILES string of the molecule is O=C1c2ccccc2[C@@H](Nc2ccc(F)cc2)N1c1cccnc1. The molecule has 3 aromatic rings. The Labute approximate surface area is 138 Å². The number of carbonyl (C=O) groups excluding carboxylic acids is 1. The maximum atomic E-state index is 13.1. The van der Waals surface area contributed by atoms with Gasteiger partial charge in [0.1, 0.15) is 12.0 Å². The van der Waals surface area contributed by atoms with Crippen LogP contribution in [0.5, 0.6) is 0 Å². The standard InChI is InChI=1S/C19H14FN3O/c20-13-7-9-14(10-8-13)22-18-16-5-1-2-6-17(16)19(24)23(18)15-4-3-11-21-12-15/h1-12,18,22H/t18-/m0/s1. The minimum Gasteiger partial charge on any atom is -0.361 e. The Morgan fingerprint density at radius 1 is 1.00 bits per heavy atom. The molecule has 0 spiro atoms. The van der Waals surface area contributed by atoms with E-state index in [1.54, 1.807) is 35.5 Å². The highest BCUT2D eigenvalue weighted by Gasteiger charge is 2.37. The molecule has 2 aromatic carbocycles. The summed E-state index contributed by atoms with van der Waals surface area (Å²) in [6, 6.07) is 17.2. The highest BCUT2D eigenvalue weighted by Crippen LogP contribution is 2.37. The number of carbonyl (C=O) groups is 1. The Hall–Kier alpha value is -3.21. The molecule has 4 nitrogen and oxygen atoms in total. The number of pyridine rings is 1. The fourth-order valence-corrected chi connectivity index (χ4v) is 2.93. The van der Waals surface area contributed by atoms with Crippen molar-refractivity contribution in [1.82, 2.24) is 4.98 Å². The summed E-state index contributed by atoms with van der Waals surface area (Å²) in [5.41, 5.74) is 2.98.